The summed E-state index contributed by atoms with van der Waals surface area (Å²) in [7, 11) is 0. The van der Waals surface area contributed by atoms with Crippen molar-refractivity contribution in [1.82, 2.24) is 4.90 Å². The maximum absolute atomic E-state index is 11.6. The fraction of sp³-hybridized carbons (Fsp3) is 0.750. The first-order chi connectivity index (χ1) is 8.08. The lowest BCUT2D eigenvalue weighted by Gasteiger charge is -2.57. The maximum atomic E-state index is 11.6. The van der Waals surface area contributed by atoms with Gasteiger partial charge in [0.2, 0.25) is 0 Å². The van der Waals surface area contributed by atoms with Crippen LogP contribution in [0.5, 0.6) is 0 Å². The molecule has 0 aromatic heterocycles. The molecule has 2 aliphatic heterocycles. The van der Waals surface area contributed by atoms with Gasteiger partial charge in [0.05, 0.1) is 12.8 Å². The molecule has 2 saturated heterocycles. The van der Waals surface area contributed by atoms with Gasteiger partial charge in [-0.05, 0) is 13.8 Å². The number of hydrogen-bond acceptors (Lipinski definition) is 5. The average molecular weight is 241 g/mol. The summed E-state index contributed by atoms with van der Waals surface area (Å²) in [4.78, 5) is 13.4. The number of hydrogen-bond donors (Lipinski definition) is 2. The van der Waals surface area contributed by atoms with Crippen LogP contribution in [0.3, 0.4) is 0 Å². The molecule has 1 saturated carbocycles. The first-order valence-electron chi connectivity index (χ1n) is 5.97. The summed E-state index contributed by atoms with van der Waals surface area (Å²) in [5.41, 5.74) is 0.601. The van der Waals surface area contributed by atoms with Gasteiger partial charge in [0.15, 0.2) is 0 Å². The van der Waals surface area contributed by atoms with E-state index in [0.29, 0.717) is 18.4 Å². The van der Waals surface area contributed by atoms with Crippen LogP contribution in [-0.2, 0) is 9.53 Å². The average Bonchev–Trinajstić information content (AvgIpc) is 2.36. The fourth-order valence-corrected chi connectivity index (χ4v) is 2.65. The van der Waals surface area contributed by atoms with Crippen molar-refractivity contribution in [3.8, 4) is 0 Å². The molecule has 3 rings (SSSR count). The van der Waals surface area contributed by atoms with Crippen LogP contribution in [0.4, 0.5) is 0 Å². The Hall–Kier alpha value is -0.910. The first-order valence-corrected chi connectivity index (χ1v) is 5.97. The Morgan fingerprint density at radius 1 is 1.47 bits per heavy atom. The van der Waals surface area contributed by atoms with Gasteiger partial charge in [-0.15, -0.1) is 0 Å². The zero-order valence-corrected chi connectivity index (χ0v) is 10.2. The summed E-state index contributed by atoms with van der Waals surface area (Å²) >= 11 is 0. The summed E-state index contributed by atoms with van der Waals surface area (Å²) in [6.45, 7) is 3.48. The van der Waals surface area contributed by atoms with E-state index in [0.717, 1.165) is 0 Å². The number of esters is 1. The molecular weight excluding hydrogens is 222 g/mol. The molecular formula is C12H19NO4. The number of carbonyl (C=O) groups excluding carboxylic acids is 1. The van der Waals surface area contributed by atoms with Crippen LogP contribution in [0, 0.1) is 0 Å². The quantitative estimate of drug-likeness (QED) is 0.538. The van der Waals surface area contributed by atoms with Gasteiger partial charge >= 0.3 is 5.97 Å². The zero-order valence-electron chi connectivity index (χ0n) is 10.2. The minimum absolute atomic E-state index is 0.0407. The Kier molecular flexibility index (Phi) is 3.51. The standard InChI is InChI=1S/C12H19NO4/c1-3-7(2)12(16)17-8-4-9-11(15)10(5-8)13(9)6-14/h3,8-11,14-15H,4-6H2,1-2H3. The highest BCUT2D eigenvalue weighted by molar-refractivity contribution is 5.87. The Morgan fingerprint density at radius 3 is 2.53 bits per heavy atom. The van der Waals surface area contributed by atoms with Crippen molar-refractivity contribution >= 4 is 5.97 Å². The molecule has 0 spiro atoms. The van der Waals surface area contributed by atoms with E-state index in [-0.39, 0.29) is 37.0 Å². The molecule has 5 heteroatoms. The third kappa shape index (κ3) is 2.10. The van der Waals surface area contributed by atoms with Crippen LogP contribution in [-0.4, -0.2) is 52.1 Å². The van der Waals surface area contributed by atoms with Gasteiger partial charge in [0, 0.05) is 30.5 Å². The number of carbonyl (C=O) groups is 1. The highest BCUT2D eigenvalue weighted by Crippen LogP contribution is 2.39. The topological polar surface area (TPSA) is 70.0 Å². The number of piperidine rings is 1. The molecule has 96 valence electrons. The molecule has 2 atom stereocenters. The normalized spacial score (nSPS) is 37.5. The highest BCUT2D eigenvalue weighted by atomic mass is 16.5. The molecule has 0 aromatic carbocycles. The van der Waals surface area contributed by atoms with Crippen LogP contribution < -0.4 is 0 Å². The molecule has 2 N–H and O–H groups in total. The molecule has 5 nitrogen and oxygen atoms in total. The van der Waals surface area contributed by atoms with E-state index in [9.17, 15) is 9.90 Å². The second-order valence-electron chi connectivity index (χ2n) is 4.75. The second-order valence-corrected chi connectivity index (χ2v) is 4.75. The molecule has 0 radical (unpaired) electrons. The molecule has 2 bridgehead atoms. The fourth-order valence-electron chi connectivity index (χ4n) is 2.65. The minimum atomic E-state index is -0.389. The molecule has 17 heavy (non-hydrogen) atoms. The predicted octanol–water partition coefficient (Wildman–Crippen LogP) is 0.0217. The van der Waals surface area contributed by atoms with E-state index in [4.69, 9.17) is 9.84 Å². The van der Waals surface area contributed by atoms with Crippen molar-refractivity contribution in [2.45, 2.75) is 51.0 Å². The lowest BCUT2D eigenvalue weighted by molar-refractivity contribution is -0.205. The molecule has 3 aliphatic rings. The van der Waals surface area contributed by atoms with Crippen LogP contribution in [0.15, 0.2) is 11.6 Å². The number of aliphatic hydroxyl groups excluding tert-OH is 2. The number of fused-ring (bicyclic) bond motifs is 2. The molecule has 0 aromatic rings. The second kappa shape index (κ2) is 4.76. The van der Waals surface area contributed by atoms with Gasteiger partial charge in [-0.2, -0.15) is 0 Å². The Morgan fingerprint density at radius 2 is 2.06 bits per heavy atom. The van der Waals surface area contributed by atoms with E-state index >= 15 is 0 Å². The molecule has 2 unspecified atom stereocenters. The third-order valence-corrected chi connectivity index (χ3v) is 3.84. The van der Waals surface area contributed by atoms with E-state index in [1.807, 2.05) is 4.90 Å². The first kappa shape index (κ1) is 12.5. The van der Waals surface area contributed by atoms with Gasteiger partial charge < -0.3 is 14.9 Å². The minimum Gasteiger partial charge on any atom is -0.459 e. The molecule has 0 amide bonds. The largest absolute Gasteiger partial charge is 0.459 e. The van der Waals surface area contributed by atoms with Crippen molar-refractivity contribution in [3.05, 3.63) is 11.6 Å². The summed E-state index contributed by atoms with van der Waals surface area (Å²) in [6.07, 6.45) is 2.39. The monoisotopic (exact) mass is 241 g/mol. The van der Waals surface area contributed by atoms with Crippen molar-refractivity contribution < 1.29 is 19.7 Å². The number of ether oxygens (including phenoxy) is 1. The number of allylic oxidation sites excluding steroid dienone is 1. The Labute approximate surface area is 101 Å². The number of rotatable bonds is 3. The predicted molar refractivity (Wildman–Crippen MR) is 61.1 cm³/mol. The number of nitrogens with zero attached hydrogens (tertiary/aromatic N) is 1. The third-order valence-electron chi connectivity index (χ3n) is 3.84. The van der Waals surface area contributed by atoms with E-state index < -0.39 is 0 Å². The van der Waals surface area contributed by atoms with Crippen LogP contribution in [0.1, 0.15) is 26.7 Å². The van der Waals surface area contributed by atoms with Gasteiger partial charge in [0.1, 0.15) is 6.10 Å². The van der Waals surface area contributed by atoms with Crippen LogP contribution in [0.2, 0.25) is 0 Å². The van der Waals surface area contributed by atoms with E-state index in [2.05, 4.69) is 0 Å². The SMILES string of the molecule is CC=C(C)C(=O)OC1CC2C(O)C(C1)N2CO. The van der Waals surface area contributed by atoms with Crippen molar-refractivity contribution in [2.24, 2.45) is 0 Å². The van der Waals surface area contributed by atoms with Gasteiger partial charge in [-0.3, -0.25) is 4.90 Å². The summed E-state index contributed by atoms with van der Waals surface area (Å²) in [5.74, 6) is -0.288. The van der Waals surface area contributed by atoms with Gasteiger partial charge in [-0.25, -0.2) is 4.79 Å². The molecule has 1 aliphatic carbocycles. The van der Waals surface area contributed by atoms with E-state index in [1.54, 1.807) is 19.9 Å². The molecule has 2 heterocycles. The smallest absolute Gasteiger partial charge is 0.333 e. The van der Waals surface area contributed by atoms with Crippen LogP contribution in [0.25, 0.3) is 0 Å². The van der Waals surface area contributed by atoms with Crippen molar-refractivity contribution in [3.63, 3.8) is 0 Å². The van der Waals surface area contributed by atoms with Crippen molar-refractivity contribution in [1.29, 1.82) is 0 Å². The Balaban J connectivity index is 1.90. The van der Waals surface area contributed by atoms with Crippen molar-refractivity contribution in [2.75, 3.05) is 6.73 Å². The van der Waals surface area contributed by atoms with Gasteiger partial charge in [-0.1, -0.05) is 6.08 Å². The molecule has 3 fully saturated rings. The summed E-state index contributed by atoms with van der Waals surface area (Å²) < 4.78 is 5.36. The Bertz CT molecular complexity index is 327. The van der Waals surface area contributed by atoms with E-state index in [1.165, 1.54) is 0 Å². The number of aliphatic hydroxyl groups is 2. The van der Waals surface area contributed by atoms with Crippen LogP contribution >= 0.6 is 0 Å². The lowest BCUT2D eigenvalue weighted by Crippen LogP contribution is -2.72. The highest BCUT2D eigenvalue weighted by Gasteiger charge is 2.53. The summed E-state index contributed by atoms with van der Waals surface area (Å²) in [6, 6.07) is -0.134. The summed E-state index contributed by atoms with van der Waals surface area (Å²) in [5, 5.41) is 18.8. The zero-order chi connectivity index (χ0) is 12.6. The van der Waals surface area contributed by atoms with Gasteiger partial charge in [0.25, 0.3) is 0 Å². The lowest BCUT2D eigenvalue weighted by atomic mass is 9.76. The maximum Gasteiger partial charge on any atom is 0.333 e.